The lowest BCUT2D eigenvalue weighted by molar-refractivity contribution is 0.0962. The van der Waals surface area contributed by atoms with E-state index in [-0.39, 0.29) is 5.41 Å². The number of allylic oxidation sites excluding steroid dienone is 2. The maximum Gasteiger partial charge on any atom is 0.103 e. The molecule has 4 aliphatic rings. The number of benzene rings is 1. The van der Waals surface area contributed by atoms with Gasteiger partial charge >= 0.3 is 0 Å². The molecule has 3 heteroatoms. The van der Waals surface area contributed by atoms with Crippen molar-refractivity contribution < 1.29 is 5.11 Å². The number of aryl methyl sites for hydroxylation is 1. The zero-order chi connectivity index (χ0) is 16.1. The van der Waals surface area contributed by atoms with Crippen LogP contribution in [0.2, 0.25) is 0 Å². The first kappa shape index (κ1) is 13.9. The van der Waals surface area contributed by atoms with Crippen LogP contribution in [0.4, 0.5) is 0 Å². The average molecular weight is 337 g/mol. The van der Waals surface area contributed by atoms with Crippen LogP contribution < -0.4 is 0 Å². The van der Waals surface area contributed by atoms with E-state index in [2.05, 4.69) is 29.6 Å². The maximum atomic E-state index is 10.4. The fourth-order valence-electron chi connectivity index (χ4n) is 6.73. The minimum Gasteiger partial charge on any atom is -0.511 e. The topological polar surface area (TPSA) is 36.0 Å². The first-order chi connectivity index (χ1) is 11.8. The number of aliphatic hydroxyl groups is 1. The van der Waals surface area contributed by atoms with Crippen LogP contribution in [0.3, 0.4) is 0 Å². The summed E-state index contributed by atoms with van der Waals surface area (Å²) < 4.78 is 0. The Morgan fingerprint density at radius 1 is 1.21 bits per heavy atom. The highest BCUT2D eigenvalue weighted by Crippen LogP contribution is 2.73. The Labute approximate surface area is 146 Å². The fraction of sp³-hybridized carbons (Fsp3) is 0.524. The van der Waals surface area contributed by atoms with Crippen LogP contribution in [0.15, 0.2) is 34.6 Å². The van der Waals surface area contributed by atoms with Crippen molar-refractivity contribution in [1.82, 2.24) is 4.98 Å². The molecule has 0 saturated heterocycles. The van der Waals surface area contributed by atoms with Gasteiger partial charge in [-0.1, -0.05) is 6.07 Å². The Balaban J connectivity index is 1.47. The number of rotatable bonds is 1. The minimum absolute atomic E-state index is 0.182. The Kier molecular flexibility index (Phi) is 2.56. The highest BCUT2D eigenvalue weighted by atomic mass is 32.2. The zero-order valence-corrected chi connectivity index (χ0v) is 14.9. The van der Waals surface area contributed by atoms with Crippen LogP contribution in [-0.4, -0.2) is 16.3 Å². The Morgan fingerprint density at radius 2 is 2.12 bits per heavy atom. The third-order valence-corrected chi connectivity index (χ3v) is 8.47. The summed E-state index contributed by atoms with van der Waals surface area (Å²) in [4.78, 5) is 4.86. The molecular weight excluding hydrogens is 314 g/mol. The van der Waals surface area contributed by atoms with E-state index in [0.29, 0.717) is 5.92 Å². The van der Waals surface area contributed by atoms with Crippen molar-refractivity contribution in [3.63, 3.8) is 0 Å². The summed E-state index contributed by atoms with van der Waals surface area (Å²) >= 11 is 1.86. The highest BCUT2D eigenvalue weighted by Gasteiger charge is 2.66. The smallest absolute Gasteiger partial charge is 0.103 e. The molecule has 24 heavy (non-hydrogen) atoms. The fourth-order valence-corrected chi connectivity index (χ4v) is 7.35. The Morgan fingerprint density at radius 3 is 2.96 bits per heavy atom. The molecule has 0 amide bonds. The van der Waals surface area contributed by atoms with Gasteiger partial charge in [-0.2, -0.15) is 0 Å². The first-order valence-electron chi connectivity index (χ1n) is 9.35. The van der Waals surface area contributed by atoms with E-state index in [9.17, 15) is 5.11 Å². The number of fused-ring (bicyclic) bond motifs is 6. The molecule has 4 aliphatic carbocycles. The standard InChI is InChI=1S/C21H23NOS/c1-24-18-10-22-17-7-4-11-12-8-9-21-15(5-6-16(21)20(21)23)13(12)2-3-14(11)19(17)18/h4,7,10,12-13,15,22-23H,2-3,5-6,8-9H2,1H3/t12?,13?,15?,21-/m1/s1. The van der Waals surface area contributed by atoms with E-state index in [1.807, 2.05) is 11.8 Å². The molecular formula is C21H23NOS. The largest absolute Gasteiger partial charge is 0.511 e. The van der Waals surface area contributed by atoms with Crippen molar-refractivity contribution in [2.24, 2.45) is 17.3 Å². The van der Waals surface area contributed by atoms with Crippen LogP contribution in [-0.2, 0) is 6.42 Å². The van der Waals surface area contributed by atoms with Crippen molar-refractivity contribution in [1.29, 1.82) is 0 Å². The van der Waals surface area contributed by atoms with E-state index < -0.39 is 0 Å². The van der Waals surface area contributed by atoms with E-state index >= 15 is 0 Å². The summed E-state index contributed by atoms with van der Waals surface area (Å²) in [5, 5.41) is 11.9. The van der Waals surface area contributed by atoms with E-state index in [0.717, 1.165) is 17.6 Å². The van der Waals surface area contributed by atoms with Gasteiger partial charge in [0.25, 0.3) is 0 Å². The number of aromatic amines is 1. The minimum atomic E-state index is 0.182. The molecule has 6 rings (SSSR count). The van der Waals surface area contributed by atoms with Crippen LogP contribution in [0, 0.1) is 17.3 Å². The van der Waals surface area contributed by atoms with Gasteiger partial charge in [0.15, 0.2) is 0 Å². The van der Waals surface area contributed by atoms with Crippen molar-refractivity contribution >= 4 is 22.7 Å². The molecule has 2 fully saturated rings. The number of aromatic nitrogens is 1. The molecule has 4 atom stereocenters. The van der Waals surface area contributed by atoms with Gasteiger partial charge in [-0.3, -0.25) is 0 Å². The van der Waals surface area contributed by atoms with Crippen LogP contribution >= 0.6 is 11.8 Å². The molecule has 1 aromatic carbocycles. The van der Waals surface area contributed by atoms with E-state index in [1.54, 1.807) is 11.1 Å². The number of nitrogens with one attached hydrogen (secondary N) is 1. The van der Waals surface area contributed by atoms with Crippen molar-refractivity contribution in [3.05, 3.63) is 40.8 Å². The Bertz CT molecular complexity index is 910. The van der Waals surface area contributed by atoms with Gasteiger partial charge in [0, 0.05) is 22.0 Å². The lowest BCUT2D eigenvalue weighted by Crippen LogP contribution is -2.37. The van der Waals surface area contributed by atoms with Gasteiger partial charge in [0.2, 0.25) is 0 Å². The summed E-state index contributed by atoms with van der Waals surface area (Å²) in [7, 11) is 0. The normalized spacial score (nSPS) is 36.3. The molecule has 124 valence electrons. The third-order valence-electron chi connectivity index (χ3n) is 7.71. The number of hydrogen-bond acceptors (Lipinski definition) is 2. The number of H-pyrrole nitrogens is 1. The first-order valence-corrected chi connectivity index (χ1v) is 10.6. The molecule has 0 aliphatic heterocycles. The molecule has 2 saturated carbocycles. The van der Waals surface area contributed by atoms with Crippen molar-refractivity contribution in [2.75, 3.05) is 6.26 Å². The highest BCUT2D eigenvalue weighted by molar-refractivity contribution is 7.98. The molecule has 1 spiro atoms. The summed E-state index contributed by atoms with van der Waals surface area (Å²) in [5.41, 5.74) is 6.15. The molecule has 1 heterocycles. The SMILES string of the molecule is CSc1c[nH]c2ccc3c(c12)CCC1C3CC[C@]23C(O)=C2CCC13. The number of hydrogen-bond donors (Lipinski definition) is 2. The molecule has 3 unspecified atom stereocenters. The molecule has 2 nitrogen and oxygen atoms in total. The summed E-state index contributed by atoms with van der Waals surface area (Å²) in [6, 6.07) is 4.71. The lowest BCUT2D eigenvalue weighted by Gasteiger charge is -2.46. The van der Waals surface area contributed by atoms with Gasteiger partial charge in [-0.15, -0.1) is 11.8 Å². The predicted molar refractivity (Wildman–Crippen MR) is 98.7 cm³/mol. The van der Waals surface area contributed by atoms with Crippen molar-refractivity contribution in [3.8, 4) is 0 Å². The number of thioether (sulfide) groups is 1. The average Bonchev–Trinajstić information content (AvgIpc) is 3.01. The molecule has 2 aromatic rings. The summed E-state index contributed by atoms with van der Waals surface area (Å²) in [6.45, 7) is 0. The van der Waals surface area contributed by atoms with E-state index in [4.69, 9.17) is 0 Å². The molecule has 2 N–H and O–H groups in total. The molecule has 0 bridgehead atoms. The maximum absolute atomic E-state index is 10.4. The zero-order valence-electron chi connectivity index (χ0n) is 14.1. The van der Waals surface area contributed by atoms with Gasteiger partial charge < -0.3 is 10.1 Å². The molecule has 0 radical (unpaired) electrons. The second-order valence-electron chi connectivity index (χ2n) is 8.20. The summed E-state index contributed by atoms with van der Waals surface area (Å²) in [6.07, 6.45) is 11.8. The van der Waals surface area contributed by atoms with Gasteiger partial charge in [-0.05, 0) is 85.3 Å². The van der Waals surface area contributed by atoms with Crippen LogP contribution in [0.1, 0.15) is 49.1 Å². The van der Waals surface area contributed by atoms with Crippen molar-refractivity contribution in [2.45, 2.75) is 49.3 Å². The second-order valence-corrected chi connectivity index (χ2v) is 9.05. The second kappa shape index (κ2) is 4.43. The van der Waals surface area contributed by atoms with Crippen LogP contribution in [0.5, 0.6) is 0 Å². The lowest BCUT2D eigenvalue weighted by atomic mass is 9.58. The Hall–Kier alpha value is -1.35. The van der Waals surface area contributed by atoms with Crippen LogP contribution in [0.25, 0.3) is 10.9 Å². The van der Waals surface area contributed by atoms with Gasteiger partial charge in [0.1, 0.15) is 5.76 Å². The quantitative estimate of drug-likeness (QED) is 0.669. The summed E-state index contributed by atoms with van der Waals surface area (Å²) in [5.74, 6) is 3.02. The third kappa shape index (κ3) is 1.43. The monoisotopic (exact) mass is 337 g/mol. The predicted octanol–water partition coefficient (Wildman–Crippen LogP) is 5.55. The van der Waals surface area contributed by atoms with Gasteiger partial charge in [0.05, 0.1) is 5.41 Å². The van der Waals surface area contributed by atoms with Gasteiger partial charge in [-0.25, -0.2) is 0 Å². The number of aliphatic hydroxyl groups excluding tert-OH is 1. The van der Waals surface area contributed by atoms with E-state index in [1.165, 1.54) is 59.9 Å². The molecule has 1 aromatic heterocycles.